The van der Waals surface area contributed by atoms with E-state index in [0.717, 1.165) is 74.7 Å². The highest BCUT2D eigenvalue weighted by molar-refractivity contribution is 7.99. The van der Waals surface area contributed by atoms with Crippen LogP contribution in [0.3, 0.4) is 0 Å². The number of halogens is 3. The largest absolute Gasteiger partial charge is 0.497 e. The third kappa shape index (κ3) is 6.06. The van der Waals surface area contributed by atoms with E-state index in [1.807, 2.05) is 41.2 Å². The van der Waals surface area contributed by atoms with Crippen LogP contribution in [-0.2, 0) is 4.79 Å². The fourth-order valence-electron chi connectivity index (χ4n) is 4.75. The van der Waals surface area contributed by atoms with Gasteiger partial charge in [-0.3, -0.25) is 14.3 Å². The van der Waals surface area contributed by atoms with Crippen LogP contribution in [-0.4, -0.2) is 95.3 Å². The zero-order valence-electron chi connectivity index (χ0n) is 19.2. The molecule has 3 aliphatic rings. The van der Waals surface area contributed by atoms with E-state index in [9.17, 15) is 4.79 Å². The molecule has 3 fully saturated rings. The molecule has 0 radical (unpaired) electrons. The Bertz CT molecular complexity index is 904. The van der Waals surface area contributed by atoms with Crippen molar-refractivity contribution in [1.82, 2.24) is 24.7 Å². The van der Waals surface area contributed by atoms with Crippen molar-refractivity contribution in [2.75, 3.05) is 62.9 Å². The van der Waals surface area contributed by atoms with Gasteiger partial charge in [-0.25, -0.2) is 4.98 Å². The van der Waals surface area contributed by atoms with E-state index in [2.05, 4.69) is 36.8 Å². The summed E-state index contributed by atoms with van der Waals surface area (Å²) in [6.45, 7) is 5.64. The summed E-state index contributed by atoms with van der Waals surface area (Å²) in [6, 6.07) is 8.48. The second-order valence-electron chi connectivity index (χ2n) is 8.31. The lowest BCUT2D eigenvalue weighted by Gasteiger charge is -2.38. The Balaban J connectivity index is 0.00000136. The van der Waals surface area contributed by atoms with Crippen LogP contribution in [0.15, 0.2) is 36.7 Å². The second-order valence-corrected chi connectivity index (χ2v) is 9.38. The average Bonchev–Trinajstić information content (AvgIpc) is 3.60. The van der Waals surface area contributed by atoms with Gasteiger partial charge in [0.1, 0.15) is 5.75 Å². The molecule has 0 spiro atoms. The lowest BCUT2D eigenvalue weighted by molar-refractivity contribution is -0.131. The van der Waals surface area contributed by atoms with Crippen LogP contribution in [0.2, 0.25) is 0 Å². The van der Waals surface area contributed by atoms with Crippen LogP contribution in [0.25, 0.3) is 5.69 Å². The fraction of sp³-hybridized carbons (Fsp3) is 0.545. The summed E-state index contributed by atoms with van der Waals surface area (Å²) in [5.74, 6) is 4.03. The summed E-state index contributed by atoms with van der Waals surface area (Å²) in [5, 5.41) is 3.48. The van der Waals surface area contributed by atoms with Gasteiger partial charge >= 0.3 is 0 Å². The molecule has 1 aromatic carbocycles. The highest BCUT2D eigenvalue weighted by Gasteiger charge is 2.36. The van der Waals surface area contributed by atoms with Crippen molar-refractivity contribution in [3.8, 4) is 11.4 Å². The third-order valence-electron chi connectivity index (χ3n) is 6.56. The van der Waals surface area contributed by atoms with Crippen LogP contribution in [0, 0.1) is 0 Å². The topological polar surface area (TPSA) is 65.9 Å². The smallest absolute Gasteiger partial charge is 0.240 e. The van der Waals surface area contributed by atoms with E-state index in [1.165, 1.54) is 0 Å². The molecule has 1 N–H and O–H groups in total. The van der Waals surface area contributed by atoms with E-state index in [1.54, 1.807) is 7.11 Å². The lowest BCUT2D eigenvalue weighted by atomic mass is 10.1. The first-order valence-electron chi connectivity index (χ1n) is 11.0. The maximum atomic E-state index is 12.7. The number of ether oxygens (including phenoxy) is 1. The maximum Gasteiger partial charge on any atom is 0.240 e. The molecule has 190 valence electrons. The number of amides is 1. The van der Waals surface area contributed by atoms with E-state index in [4.69, 9.17) is 4.74 Å². The molecule has 1 amide bonds. The number of imidazole rings is 1. The van der Waals surface area contributed by atoms with E-state index in [0.29, 0.717) is 6.04 Å². The summed E-state index contributed by atoms with van der Waals surface area (Å²) >= 11 is 1.85. The SMILES string of the molecule is COc1ccc(-n2ccnc2N2CCN([C@@H]3CN[C@H](C(=O)N4CCSC4)C3)CC2)cc1.Cl.Cl.Cl. The molecule has 0 saturated carbocycles. The molecular weight excluding hydrogens is 519 g/mol. The van der Waals surface area contributed by atoms with Crippen LogP contribution in [0.5, 0.6) is 5.75 Å². The van der Waals surface area contributed by atoms with Crippen molar-refractivity contribution in [2.45, 2.75) is 18.5 Å². The molecule has 3 aliphatic heterocycles. The Morgan fingerprint density at radius 3 is 2.47 bits per heavy atom. The number of thioether (sulfide) groups is 1. The van der Waals surface area contributed by atoms with E-state index in [-0.39, 0.29) is 49.2 Å². The number of nitrogens with zero attached hydrogens (tertiary/aromatic N) is 5. The molecule has 0 bridgehead atoms. The molecule has 12 heteroatoms. The summed E-state index contributed by atoms with van der Waals surface area (Å²) in [5.41, 5.74) is 1.08. The van der Waals surface area contributed by atoms with Gasteiger partial charge in [0.05, 0.1) is 19.0 Å². The molecule has 0 aliphatic carbocycles. The molecule has 4 heterocycles. The first kappa shape index (κ1) is 28.9. The molecule has 3 saturated heterocycles. The van der Waals surface area contributed by atoms with Gasteiger partial charge in [0.25, 0.3) is 0 Å². The number of hydrogen-bond donors (Lipinski definition) is 1. The molecule has 34 heavy (non-hydrogen) atoms. The quantitative estimate of drug-likeness (QED) is 0.613. The first-order valence-corrected chi connectivity index (χ1v) is 12.1. The number of hydrogen-bond acceptors (Lipinski definition) is 7. The molecule has 1 aromatic heterocycles. The molecule has 0 unspecified atom stereocenters. The number of nitrogens with one attached hydrogen (secondary N) is 1. The van der Waals surface area contributed by atoms with Crippen molar-refractivity contribution >= 4 is 60.8 Å². The zero-order valence-corrected chi connectivity index (χ0v) is 22.4. The average molecular weight is 552 g/mol. The van der Waals surface area contributed by atoms with Crippen molar-refractivity contribution in [2.24, 2.45) is 0 Å². The summed E-state index contributed by atoms with van der Waals surface area (Å²) in [6.07, 6.45) is 4.79. The number of benzene rings is 1. The predicted molar refractivity (Wildman–Crippen MR) is 145 cm³/mol. The van der Waals surface area contributed by atoms with Crippen molar-refractivity contribution in [1.29, 1.82) is 0 Å². The number of aromatic nitrogens is 2. The van der Waals surface area contributed by atoms with Crippen LogP contribution < -0.4 is 15.0 Å². The summed E-state index contributed by atoms with van der Waals surface area (Å²) in [4.78, 5) is 24.2. The molecule has 2 aromatic rings. The Kier molecular flexibility index (Phi) is 11.1. The Morgan fingerprint density at radius 1 is 1.09 bits per heavy atom. The number of anilines is 1. The molecule has 5 rings (SSSR count). The standard InChI is InChI=1S/C22H30N6O2S.3ClH/c1-30-19-4-2-17(3-5-19)28-7-6-23-22(28)26-10-8-25(9-11-26)18-14-20(24-15-18)21(29)27-12-13-31-16-27;;;/h2-7,18,20,24H,8-16H2,1H3;3*1H/t18-,20-;;;/m0.../s1. The minimum absolute atomic E-state index is 0. The zero-order chi connectivity index (χ0) is 21.2. The van der Waals surface area contributed by atoms with Gasteiger partial charge < -0.3 is 19.9 Å². The van der Waals surface area contributed by atoms with Gasteiger partial charge in [0.2, 0.25) is 11.9 Å². The Morgan fingerprint density at radius 2 is 1.82 bits per heavy atom. The van der Waals surface area contributed by atoms with Gasteiger partial charge in [0.15, 0.2) is 0 Å². The first-order chi connectivity index (χ1) is 15.2. The molecule has 8 nitrogen and oxygen atoms in total. The lowest BCUT2D eigenvalue weighted by Crippen LogP contribution is -2.51. The minimum atomic E-state index is -0.0179. The van der Waals surface area contributed by atoms with Crippen LogP contribution in [0.1, 0.15) is 6.42 Å². The third-order valence-corrected chi connectivity index (χ3v) is 7.52. The molecular formula is C22H33Cl3N6O2S. The highest BCUT2D eigenvalue weighted by atomic mass is 35.5. The normalized spacial score (nSPS) is 22.5. The van der Waals surface area contributed by atoms with Crippen LogP contribution >= 0.6 is 49.0 Å². The number of carbonyl (C=O) groups excluding carboxylic acids is 1. The minimum Gasteiger partial charge on any atom is -0.497 e. The number of carbonyl (C=O) groups is 1. The summed E-state index contributed by atoms with van der Waals surface area (Å²) < 4.78 is 7.41. The number of piperazine rings is 1. The van der Waals surface area contributed by atoms with Crippen molar-refractivity contribution in [3.05, 3.63) is 36.7 Å². The second kappa shape index (κ2) is 13.1. The van der Waals surface area contributed by atoms with Gasteiger partial charge in [-0.05, 0) is 30.7 Å². The highest BCUT2D eigenvalue weighted by Crippen LogP contribution is 2.24. The predicted octanol–water partition coefficient (Wildman–Crippen LogP) is 2.53. The summed E-state index contributed by atoms with van der Waals surface area (Å²) in [7, 11) is 1.68. The van der Waals surface area contributed by atoms with Gasteiger partial charge in [-0.1, -0.05) is 0 Å². The van der Waals surface area contributed by atoms with Gasteiger partial charge in [-0.2, -0.15) is 0 Å². The monoisotopic (exact) mass is 550 g/mol. The number of rotatable bonds is 5. The van der Waals surface area contributed by atoms with Crippen molar-refractivity contribution < 1.29 is 9.53 Å². The van der Waals surface area contributed by atoms with Crippen LogP contribution in [0.4, 0.5) is 5.95 Å². The maximum absolute atomic E-state index is 12.7. The van der Waals surface area contributed by atoms with Crippen molar-refractivity contribution in [3.63, 3.8) is 0 Å². The fourth-order valence-corrected chi connectivity index (χ4v) is 5.71. The van der Waals surface area contributed by atoms with E-state index >= 15 is 0 Å². The van der Waals surface area contributed by atoms with E-state index < -0.39 is 0 Å². The number of methoxy groups -OCH3 is 1. The van der Waals surface area contributed by atoms with Gasteiger partial charge in [0, 0.05) is 69.1 Å². The van der Waals surface area contributed by atoms with Gasteiger partial charge in [-0.15, -0.1) is 49.0 Å². The molecule has 2 atom stereocenters. The Labute approximate surface area is 224 Å². The Hall–Kier alpha value is -1.36.